The van der Waals surface area contributed by atoms with Gasteiger partial charge in [-0.05, 0) is 30.5 Å². The van der Waals surface area contributed by atoms with E-state index in [1.165, 1.54) is 4.79 Å². The fourth-order valence-electron chi connectivity index (χ4n) is 4.33. The molecule has 31 heavy (non-hydrogen) atoms. The summed E-state index contributed by atoms with van der Waals surface area (Å²) in [6.45, 7) is 3.22. The molecule has 1 fully saturated rings. The van der Waals surface area contributed by atoms with Gasteiger partial charge in [0.25, 0.3) is 11.8 Å². The van der Waals surface area contributed by atoms with Crippen molar-refractivity contribution in [2.75, 3.05) is 36.5 Å². The highest BCUT2D eigenvalue weighted by Gasteiger charge is 2.29. The van der Waals surface area contributed by atoms with Crippen LogP contribution >= 0.6 is 0 Å². The maximum Gasteiger partial charge on any atom is 0.275 e. The van der Waals surface area contributed by atoms with Crippen LogP contribution in [0, 0.1) is 0 Å². The van der Waals surface area contributed by atoms with Crippen LogP contribution in [0.4, 0.5) is 5.82 Å². The van der Waals surface area contributed by atoms with E-state index in [9.17, 15) is 9.59 Å². The van der Waals surface area contributed by atoms with Gasteiger partial charge in [-0.3, -0.25) is 9.59 Å². The molecular weight excluding hydrogens is 394 g/mol. The van der Waals surface area contributed by atoms with Gasteiger partial charge in [0.2, 0.25) is 0 Å². The molecule has 3 aromatic rings. The molecule has 0 radical (unpaired) electrons. The van der Waals surface area contributed by atoms with Gasteiger partial charge in [0.1, 0.15) is 5.82 Å². The molecule has 9 heteroatoms. The molecule has 1 saturated heterocycles. The molecule has 3 heterocycles. The summed E-state index contributed by atoms with van der Waals surface area (Å²) in [7, 11) is 0. The van der Waals surface area contributed by atoms with Crippen molar-refractivity contribution in [3.8, 4) is 11.3 Å². The molecule has 158 valence electrons. The number of nitrogens with zero attached hydrogens (tertiary/aromatic N) is 4. The topological polar surface area (TPSA) is 118 Å². The van der Waals surface area contributed by atoms with Crippen LogP contribution in [0.2, 0.25) is 0 Å². The third-order valence-corrected chi connectivity index (χ3v) is 5.79. The second-order valence-corrected chi connectivity index (χ2v) is 7.66. The average molecular weight is 417 g/mol. The van der Waals surface area contributed by atoms with Gasteiger partial charge in [-0.1, -0.05) is 24.3 Å². The predicted molar refractivity (Wildman–Crippen MR) is 117 cm³/mol. The lowest BCUT2D eigenvalue weighted by molar-refractivity contribution is 0.0983. The molecule has 0 spiro atoms. The number of rotatable bonds is 4. The monoisotopic (exact) mass is 417 g/mol. The van der Waals surface area contributed by atoms with Gasteiger partial charge in [0.05, 0.1) is 11.3 Å². The van der Waals surface area contributed by atoms with Crippen molar-refractivity contribution >= 4 is 17.6 Å². The standard InChI is InChI=1S/C22H23N7O2/c23-20(30)18-16-8-7-14-4-1-2-5-15(14)19(16)29(26-18)27-22(31)17-6-3-9-25-21(17)28-12-10-24-11-13-28/h1-6,9,24H,7-8,10-13H2,(H2,23,30)(H,27,31). The van der Waals surface area contributed by atoms with E-state index in [1.807, 2.05) is 24.3 Å². The lowest BCUT2D eigenvalue weighted by Gasteiger charge is -2.29. The fraction of sp³-hybridized carbons (Fsp3) is 0.273. The lowest BCUT2D eigenvalue weighted by atomic mass is 9.89. The number of aryl methyl sites for hydroxylation is 1. The van der Waals surface area contributed by atoms with E-state index in [0.29, 0.717) is 23.5 Å². The first-order valence-corrected chi connectivity index (χ1v) is 10.4. The van der Waals surface area contributed by atoms with E-state index < -0.39 is 5.91 Å². The molecular formula is C22H23N7O2. The minimum absolute atomic E-state index is 0.193. The first-order valence-electron chi connectivity index (χ1n) is 10.4. The number of hydrogen-bond donors (Lipinski definition) is 3. The Morgan fingerprint density at radius 3 is 2.68 bits per heavy atom. The Morgan fingerprint density at radius 2 is 1.87 bits per heavy atom. The number of carbonyl (C=O) groups is 2. The first-order chi connectivity index (χ1) is 15.1. The van der Waals surface area contributed by atoms with Gasteiger partial charge in [0, 0.05) is 43.5 Å². The van der Waals surface area contributed by atoms with Gasteiger partial charge < -0.3 is 16.0 Å². The van der Waals surface area contributed by atoms with Crippen LogP contribution in [0.5, 0.6) is 0 Å². The Morgan fingerprint density at radius 1 is 1.06 bits per heavy atom. The number of hydrogen-bond acceptors (Lipinski definition) is 6. The summed E-state index contributed by atoms with van der Waals surface area (Å²) in [6, 6.07) is 11.4. The van der Waals surface area contributed by atoms with Crippen LogP contribution in [0.1, 0.15) is 32.0 Å². The van der Waals surface area contributed by atoms with Crippen molar-refractivity contribution in [2.24, 2.45) is 5.73 Å². The van der Waals surface area contributed by atoms with Gasteiger partial charge in [-0.2, -0.15) is 4.79 Å². The molecule has 2 aliphatic rings. The maximum atomic E-state index is 13.3. The number of amides is 2. The molecule has 1 aliphatic heterocycles. The molecule has 5 rings (SSSR count). The van der Waals surface area contributed by atoms with Crippen molar-refractivity contribution in [3.05, 3.63) is 65.0 Å². The number of nitrogens with one attached hydrogen (secondary N) is 2. The number of fused-ring (bicyclic) bond motifs is 3. The number of nitrogens with two attached hydrogens (primary N) is 1. The quantitative estimate of drug-likeness (QED) is 0.581. The van der Waals surface area contributed by atoms with Crippen LogP contribution in [-0.4, -0.2) is 52.9 Å². The molecule has 0 bridgehead atoms. The van der Waals surface area contributed by atoms with Crippen LogP contribution in [-0.2, 0) is 12.8 Å². The van der Waals surface area contributed by atoms with E-state index in [4.69, 9.17) is 5.73 Å². The SMILES string of the molecule is NC(=O)c1nn(NC(=O)c2cccnc2N2CCNCC2)c2c1CCc1ccccc1-2. The van der Waals surface area contributed by atoms with E-state index in [-0.39, 0.29) is 11.6 Å². The molecule has 0 atom stereocenters. The maximum absolute atomic E-state index is 13.3. The molecule has 4 N–H and O–H groups in total. The second kappa shape index (κ2) is 7.84. The fourth-order valence-corrected chi connectivity index (χ4v) is 4.33. The molecule has 2 amide bonds. The highest BCUT2D eigenvalue weighted by Crippen LogP contribution is 2.34. The van der Waals surface area contributed by atoms with Gasteiger partial charge >= 0.3 is 0 Å². The number of anilines is 1. The van der Waals surface area contributed by atoms with Crippen LogP contribution < -0.4 is 21.4 Å². The van der Waals surface area contributed by atoms with Gasteiger partial charge in [0.15, 0.2) is 5.69 Å². The largest absolute Gasteiger partial charge is 0.364 e. The Labute approximate surface area is 179 Å². The van der Waals surface area contributed by atoms with Crippen LogP contribution in [0.3, 0.4) is 0 Å². The minimum atomic E-state index is -0.605. The zero-order valence-corrected chi connectivity index (χ0v) is 17.0. The van der Waals surface area contributed by atoms with Crippen LogP contribution in [0.25, 0.3) is 11.3 Å². The minimum Gasteiger partial charge on any atom is -0.364 e. The summed E-state index contributed by atoms with van der Waals surface area (Å²) in [5.41, 5.74) is 12.6. The summed E-state index contributed by atoms with van der Waals surface area (Å²) in [4.78, 5) is 33.2. The number of piperazine rings is 1. The molecule has 1 aliphatic carbocycles. The number of aromatic nitrogens is 3. The highest BCUT2D eigenvalue weighted by molar-refractivity contribution is 6.04. The second-order valence-electron chi connectivity index (χ2n) is 7.66. The Balaban J connectivity index is 1.54. The van der Waals surface area contributed by atoms with E-state index in [0.717, 1.165) is 49.3 Å². The molecule has 2 aromatic heterocycles. The summed E-state index contributed by atoms with van der Waals surface area (Å²) in [6.07, 6.45) is 3.11. The van der Waals surface area contributed by atoms with Gasteiger partial charge in [-0.15, -0.1) is 5.10 Å². The molecule has 1 aromatic carbocycles. The number of pyridine rings is 1. The zero-order chi connectivity index (χ0) is 21.4. The third-order valence-electron chi connectivity index (χ3n) is 5.79. The highest BCUT2D eigenvalue weighted by atomic mass is 16.2. The zero-order valence-electron chi connectivity index (χ0n) is 17.0. The normalized spacial score (nSPS) is 15.2. The summed E-state index contributed by atoms with van der Waals surface area (Å²) < 4.78 is 0. The summed E-state index contributed by atoms with van der Waals surface area (Å²) in [5, 5.41) is 7.67. The summed E-state index contributed by atoms with van der Waals surface area (Å²) >= 11 is 0. The average Bonchev–Trinajstić information content (AvgIpc) is 3.19. The predicted octanol–water partition coefficient (Wildman–Crippen LogP) is 0.936. The summed E-state index contributed by atoms with van der Waals surface area (Å²) in [5.74, 6) is -0.310. The molecule has 0 unspecified atom stereocenters. The third kappa shape index (κ3) is 3.42. The van der Waals surface area contributed by atoms with Crippen LogP contribution in [0.15, 0.2) is 42.6 Å². The Bertz CT molecular complexity index is 1160. The number of benzene rings is 1. The van der Waals surface area contributed by atoms with E-state index in [2.05, 4.69) is 25.7 Å². The van der Waals surface area contributed by atoms with Crippen molar-refractivity contribution < 1.29 is 9.59 Å². The lowest BCUT2D eigenvalue weighted by Crippen LogP contribution is -2.44. The van der Waals surface area contributed by atoms with E-state index >= 15 is 0 Å². The van der Waals surface area contributed by atoms with Crippen molar-refractivity contribution in [1.82, 2.24) is 20.2 Å². The first kappa shape index (κ1) is 19.3. The Hall–Kier alpha value is -3.72. The Kier molecular flexibility index (Phi) is 4.87. The van der Waals surface area contributed by atoms with Crippen molar-refractivity contribution in [2.45, 2.75) is 12.8 Å². The molecule has 0 saturated carbocycles. The molecule has 9 nitrogen and oxygen atoms in total. The number of primary amides is 1. The van der Waals surface area contributed by atoms with Crippen molar-refractivity contribution in [1.29, 1.82) is 0 Å². The van der Waals surface area contributed by atoms with Gasteiger partial charge in [-0.25, -0.2) is 10.4 Å². The van der Waals surface area contributed by atoms with Crippen molar-refractivity contribution in [3.63, 3.8) is 0 Å². The number of carbonyl (C=O) groups excluding carboxylic acids is 2. The van der Waals surface area contributed by atoms with E-state index in [1.54, 1.807) is 18.3 Å². The smallest absolute Gasteiger partial charge is 0.275 e.